The predicted octanol–water partition coefficient (Wildman–Crippen LogP) is 3.58. The molecule has 0 bridgehead atoms. The highest BCUT2D eigenvalue weighted by Gasteiger charge is 2.33. The van der Waals surface area contributed by atoms with Crippen LogP contribution in [0.4, 0.5) is 13.2 Å². The molecule has 110 valence electrons. The van der Waals surface area contributed by atoms with Crippen molar-refractivity contribution in [2.45, 2.75) is 24.9 Å². The number of halogens is 3. The van der Waals surface area contributed by atoms with Crippen LogP contribution in [0.2, 0.25) is 0 Å². The smallest absolute Gasteiger partial charge is 0.386 e. The van der Waals surface area contributed by atoms with Crippen molar-refractivity contribution in [3.8, 4) is 0 Å². The fraction of sp³-hybridized carbons (Fsp3) is 0.250. The molecule has 1 aliphatic rings. The van der Waals surface area contributed by atoms with Gasteiger partial charge in [0.05, 0.1) is 17.7 Å². The summed E-state index contributed by atoms with van der Waals surface area (Å²) in [7, 11) is 0. The molecule has 0 saturated carbocycles. The summed E-state index contributed by atoms with van der Waals surface area (Å²) in [5.74, 6) is 0. The second kappa shape index (κ2) is 5.16. The summed E-state index contributed by atoms with van der Waals surface area (Å²) >= 11 is 0. The highest BCUT2D eigenvalue weighted by molar-refractivity contribution is 5.37. The Kier molecular flexibility index (Phi) is 3.47. The molecule has 1 heterocycles. The third-order valence-electron chi connectivity index (χ3n) is 3.77. The van der Waals surface area contributed by atoms with Crippen LogP contribution in [-0.2, 0) is 12.7 Å². The molecular formula is C16H14F3NO. The zero-order chi connectivity index (χ0) is 15.0. The van der Waals surface area contributed by atoms with E-state index < -0.39 is 17.8 Å². The highest BCUT2D eigenvalue weighted by Crippen LogP contribution is 2.37. The first-order valence-electron chi connectivity index (χ1n) is 6.63. The van der Waals surface area contributed by atoms with Crippen LogP contribution >= 0.6 is 0 Å². The Morgan fingerprint density at radius 3 is 2.62 bits per heavy atom. The quantitative estimate of drug-likeness (QED) is 0.887. The average Bonchev–Trinajstić information content (AvgIpc) is 2.90. The number of hydrogen-bond acceptors (Lipinski definition) is 2. The Labute approximate surface area is 120 Å². The van der Waals surface area contributed by atoms with Gasteiger partial charge in [0.25, 0.3) is 0 Å². The molecular weight excluding hydrogens is 279 g/mol. The van der Waals surface area contributed by atoms with Gasteiger partial charge < -0.3 is 10.4 Å². The predicted molar refractivity (Wildman–Crippen MR) is 72.4 cm³/mol. The van der Waals surface area contributed by atoms with Crippen molar-refractivity contribution < 1.29 is 18.3 Å². The van der Waals surface area contributed by atoms with E-state index in [0.717, 1.165) is 23.3 Å². The first-order valence-corrected chi connectivity index (χ1v) is 6.63. The molecule has 0 saturated heterocycles. The van der Waals surface area contributed by atoms with E-state index in [-0.39, 0.29) is 11.6 Å². The Bertz CT molecular complexity index is 654. The number of nitrogens with one attached hydrogen (secondary N) is 1. The molecule has 5 heteroatoms. The molecule has 0 aromatic heterocycles. The van der Waals surface area contributed by atoms with Crippen molar-refractivity contribution in [3.63, 3.8) is 0 Å². The van der Waals surface area contributed by atoms with Crippen molar-refractivity contribution in [2.24, 2.45) is 0 Å². The number of benzene rings is 2. The van der Waals surface area contributed by atoms with E-state index in [0.29, 0.717) is 6.54 Å². The number of hydrogen-bond donors (Lipinski definition) is 2. The lowest BCUT2D eigenvalue weighted by Crippen LogP contribution is -2.20. The fourth-order valence-corrected chi connectivity index (χ4v) is 2.70. The van der Waals surface area contributed by atoms with Crippen LogP contribution in [0.15, 0.2) is 48.5 Å². The van der Waals surface area contributed by atoms with Crippen molar-refractivity contribution in [2.75, 3.05) is 0 Å². The van der Waals surface area contributed by atoms with Crippen LogP contribution in [0.3, 0.4) is 0 Å². The van der Waals surface area contributed by atoms with Gasteiger partial charge in [0.2, 0.25) is 0 Å². The fourth-order valence-electron chi connectivity index (χ4n) is 2.70. The molecule has 1 aliphatic heterocycles. The molecule has 0 aliphatic carbocycles. The first-order chi connectivity index (χ1) is 9.97. The van der Waals surface area contributed by atoms with Crippen LogP contribution in [0.5, 0.6) is 0 Å². The molecule has 2 N–H and O–H groups in total. The lowest BCUT2D eigenvalue weighted by molar-refractivity contribution is -0.137. The lowest BCUT2D eigenvalue weighted by Gasteiger charge is -2.21. The molecule has 0 spiro atoms. The van der Waals surface area contributed by atoms with E-state index in [1.807, 2.05) is 24.3 Å². The minimum absolute atomic E-state index is 0.263. The summed E-state index contributed by atoms with van der Waals surface area (Å²) in [6.07, 6.45) is -5.42. The van der Waals surface area contributed by atoms with E-state index in [4.69, 9.17) is 0 Å². The summed E-state index contributed by atoms with van der Waals surface area (Å²) in [6, 6.07) is 12.1. The Balaban J connectivity index is 1.92. The third-order valence-corrected chi connectivity index (χ3v) is 3.77. The van der Waals surface area contributed by atoms with Gasteiger partial charge in [0.1, 0.15) is 0 Å². The van der Waals surface area contributed by atoms with Crippen LogP contribution in [0.1, 0.15) is 34.4 Å². The maximum Gasteiger partial charge on any atom is 0.416 e. The number of aliphatic hydroxyl groups is 1. The van der Waals surface area contributed by atoms with Gasteiger partial charge >= 0.3 is 6.18 Å². The van der Waals surface area contributed by atoms with Crippen LogP contribution in [0.25, 0.3) is 0 Å². The molecule has 2 aromatic rings. The monoisotopic (exact) mass is 293 g/mol. The second-order valence-electron chi connectivity index (χ2n) is 5.13. The molecule has 2 unspecified atom stereocenters. The van der Waals surface area contributed by atoms with Gasteiger partial charge in [-0.2, -0.15) is 13.2 Å². The topological polar surface area (TPSA) is 32.3 Å². The summed E-state index contributed by atoms with van der Waals surface area (Å²) in [5.41, 5.74) is 1.51. The SMILES string of the molecule is OC(c1cccc(C(F)(F)F)c1)C1NCc2ccccc21. The van der Waals surface area contributed by atoms with Crippen LogP contribution in [0, 0.1) is 0 Å². The van der Waals surface area contributed by atoms with E-state index in [1.165, 1.54) is 12.1 Å². The van der Waals surface area contributed by atoms with Crippen molar-refractivity contribution in [1.29, 1.82) is 0 Å². The van der Waals surface area contributed by atoms with E-state index >= 15 is 0 Å². The molecule has 3 rings (SSSR count). The third kappa shape index (κ3) is 2.66. The maximum absolute atomic E-state index is 12.8. The van der Waals surface area contributed by atoms with E-state index in [2.05, 4.69) is 5.32 Å². The minimum atomic E-state index is -4.41. The second-order valence-corrected chi connectivity index (χ2v) is 5.13. The number of fused-ring (bicyclic) bond motifs is 1. The summed E-state index contributed by atoms with van der Waals surface area (Å²) in [6.45, 7) is 0.608. The zero-order valence-corrected chi connectivity index (χ0v) is 11.1. The zero-order valence-electron chi connectivity index (χ0n) is 11.1. The molecule has 2 atom stereocenters. The molecule has 0 radical (unpaired) electrons. The van der Waals surface area contributed by atoms with Gasteiger partial charge in [0.15, 0.2) is 0 Å². The van der Waals surface area contributed by atoms with Crippen LogP contribution in [-0.4, -0.2) is 5.11 Å². The van der Waals surface area contributed by atoms with Crippen LogP contribution < -0.4 is 5.32 Å². The number of aliphatic hydroxyl groups excluding tert-OH is 1. The number of alkyl halides is 3. The first kappa shape index (κ1) is 14.1. The summed E-state index contributed by atoms with van der Waals surface area (Å²) < 4.78 is 38.3. The van der Waals surface area contributed by atoms with Crippen molar-refractivity contribution in [3.05, 3.63) is 70.8 Å². The van der Waals surface area contributed by atoms with Gasteiger partial charge in [0, 0.05) is 6.54 Å². The lowest BCUT2D eigenvalue weighted by atomic mass is 9.95. The Morgan fingerprint density at radius 1 is 1.10 bits per heavy atom. The molecule has 0 amide bonds. The highest BCUT2D eigenvalue weighted by atomic mass is 19.4. The Hall–Kier alpha value is -1.85. The summed E-state index contributed by atoms with van der Waals surface area (Å²) in [4.78, 5) is 0. The molecule has 0 fully saturated rings. The van der Waals surface area contributed by atoms with Gasteiger partial charge in [-0.3, -0.25) is 0 Å². The van der Waals surface area contributed by atoms with Crippen molar-refractivity contribution >= 4 is 0 Å². The molecule has 21 heavy (non-hydrogen) atoms. The molecule has 2 nitrogen and oxygen atoms in total. The van der Waals surface area contributed by atoms with Gasteiger partial charge in [-0.1, -0.05) is 36.4 Å². The summed E-state index contributed by atoms with van der Waals surface area (Å²) in [5, 5.41) is 13.6. The van der Waals surface area contributed by atoms with Gasteiger partial charge in [-0.05, 0) is 28.8 Å². The molecule has 2 aromatic carbocycles. The van der Waals surface area contributed by atoms with Gasteiger partial charge in [-0.25, -0.2) is 0 Å². The maximum atomic E-state index is 12.8. The van der Waals surface area contributed by atoms with E-state index in [1.54, 1.807) is 0 Å². The van der Waals surface area contributed by atoms with Crippen molar-refractivity contribution in [1.82, 2.24) is 5.32 Å². The standard InChI is InChI=1S/C16H14F3NO/c17-16(18,19)12-6-3-5-10(8-12)15(21)14-13-7-2-1-4-11(13)9-20-14/h1-8,14-15,20-21H,9H2. The average molecular weight is 293 g/mol. The largest absolute Gasteiger partial charge is 0.416 e. The Morgan fingerprint density at radius 2 is 1.86 bits per heavy atom. The normalized spacial score (nSPS) is 19.3. The minimum Gasteiger partial charge on any atom is -0.386 e. The van der Waals surface area contributed by atoms with Gasteiger partial charge in [-0.15, -0.1) is 0 Å². The van der Waals surface area contributed by atoms with E-state index in [9.17, 15) is 18.3 Å². The number of rotatable bonds is 2.